The SMILES string of the molecule is CC(Cn1ccnc1)NCC1(c2ccccc2)CCCC1. The average molecular weight is 283 g/mol. The molecule has 1 unspecified atom stereocenters. The van der Waals surface area contributed by atoms with Crippen LogP contribution in [0.1, 0.15) is 38.2 Å². The van der Waals surface area contributed by atoms with Crippen molar-refractivity contribution in [2.75, 3.05) is 6.54 Å². The Labute approximate surface area is 127 Å². The van der Waals surface area contributed by atoms with Crippen LogP contribution in [0.5, 0.6) is 0 Å². The Morgan fingerprint density at radius 2 is 2.00 bits per heavy atom. The van der Waals surface area contributed by atoms with Crippen molar-refractivity contribution < 1.29 is 0 Å². The number of nitrogens with zero attached hydrogens (tertiary/aromatic N) is 2. The Morgan fingerprint density at radius 1 is 1.24 bits per heavy atom. The van der Waals surface area contributed by atoms with E-state index in [4.69, 9.17) is 0 Å². The molecule has 1 aromatic carbocycles. The van der Waals surface area contributed by atoms with Crippen molar-refractivity contribution in [1.29, 1.82) is 0 Å². The highest BCUT2D eigenvalue weighted by Gasteiger charge is 2.35. The molecular weight excluding hydrogens is 258 g/mol. The number of hydrogen-bond acceptors (Lipinski definition) is 2. The van der Waals surface area contributed by atoms with Crippen LogP contribution >= 0.6 is 0 Å². The topological polar surface area (TPSA) is 29.9 Å². The van der Waals surface area contributed by atoms with Gasteiger partial charge < -0.3 is 9.88 Å². The molecule has 2 aromatic rings. The Hall–Kier alpha value is -1.61. The second kappa shape index (κ2) is 6.44. The minimum absolute atomic E-state index is 0.338. The first kappa shape index (κ1) is 14.3. The molecule has 0 bridgehead atoms. The molecule has 1 saturated carbocycles. The summed E-state index contributed by atoms with van der Waals surface area (Å²) in [5.41, 5.74) is 1.84. The van der Waals surface area contributed by atoms with E-state index in [0.717, 1.165) is 13.1 Å². The van der Waals surface area contributed by atoms with Crippen LogP contribution in [-0.4, -0.2) is 22.1 Å². The van der Waals surface area contributed by atoms with Crippen LogP contribution in [0.3, 0.4) is 0 Å². The van der Waals surface area contributed by atoms with Crippen LogP contribution in [0.15, 0.2) is 49.1 Å². The van der Waals surface area contributed by atoms with Crippen molar-refractivity contribution in [3.8, 4) is 0 Å². The first-order chi connectivity index (χ1) is 10.3. The number of rotatable bonds is 6. The minimum Gasteiger partial charge on any atom is -0.336 e. The van der Waals surface area contributed by atoms with Gasteiger partial charge in [-0.05, 0) is 25.3 Å². The predicted octanol–water partition coefficient (Wildman–Crippen LogP) is 3.37. The van der Waals surface area contributed by atoms with Crippen molar-refractivity contribution >= 4 is 0 Å². The van der Waals surface area contributed by atoms with Gasteiger partial charge in [0.2, 0.25) is 0 Å². The monoisotopic (exact) mass is 283 g/mol. The molecule has 1 aliphatic carbocycles. The van der Waals surface area contributed by atoms with Gasteiger partial charge in [0.25, 0.3) is 0 Å². The highest BCUT2D eigenvalue weighted by molar-refractivity contribution is 5.27. The van der Waals surface area contributed by atoms with Gasteiger partial charge in [0.15, 0.2) is 0 Å². The van der Waals surface area contributed by atoms with Gasteiger partial charge in [0, 0.05) is 36.9 Å². The average Bonchev–Trinajstić information content (AvgIpc) is 3.18. The van der Waals surface area contributed by atoms with E-state index in [1.54, 1.807) is 0 Å². The summed E-state index contributed by atoms with van der Waals surface area (Å²) in [5, 5.41) is 3.75. The predicted molar refractivity (Wildman–Crippen MR) is 86.3 cm³/mol. The third-order valence-electron chi connectivity index (χ3n) is 4.78. The molecule has 3 nitrogen and oxygen atoms in total. The van der Waals surface area contributed by atoms with Gasteiger partial charge in [0.05, 0.1) is 6.33 Å². The molecular formula is C18H25N3. The molecule has 3 heteroatoms. The van der Waals surface area contributed by atoms with Crippen LogP contribution < -0.4 is 5.32 Å². The van der Waals surface area contributed by atoms with Crippen molar-refractivity contribution in [1.82, 2.24) is 14.9 Å². The standard InChI is InChI=1S/C18H25N3/c1-16(13-21-12-11-19-15-21)20-14-18(9-5-6-10-18)17-7-3-2-4-8-17/h2-4,7-8,11-12,15-16,20H,5-6,9-10,13-14H2,1H3. The lowest BCUT2D eigenvalue weighted by Crippen LogP contribution is -2.41. The fourth-order valence-corrected chi connectivity index (χ4v) is 3.56. The van der Waals surface area contributed by atoms with E-state index in [0.29, 0.717) is 11.5 Å². The Bertz CT molecular complexity index is 527. The molecule has 1 aliphatic rings. The molecule has 21 heavy (non-hydrogen) atoms. The fraction of sp³-hybridized carbons (Fsp3) is 0.500. The second-order valence-electron chi connectivity index (χ2n) is 6.39. The molecule has 1 aromatic heterocycles. The first-order valence-electron chi connectivity index (χ1n) is 8.03. The quantitative estimate of drug-likeness (QED) is 0.881. The zero-order chi connectivity index (χ0) is 14.5. The van der Waals surface area contributed by atoms with Crippen molar-refractivity contribution in [3.63, 3.8) is 0 Å². The molecule has 0 aliphatic heterocycles. The maximum atomic E-state index is 4.11. The zero-order valence-electron chi connectivity index (χ0n) is 12.8. The lowest BCUT2D eigenvalue weighted by Gasteiger charge is -2.31. The number of nitrogens with one attached hydrogen (secondary N) is 1. The van der Waals surface area contributed by atoms with E-state index in [1.807, 2.05) is 18.7 Å². The summed E-state index contributed by atoms with van der Waals surface area (Å²) in [5.74, 6) is 0. The van der Waals surface area contributed by atoms with Crippen LogP contribution in [0, 0.1) is 0 Å². The third-order valence-corrected chi connectivity index (χ3v) is 4.78. The van der Waals surface area contributed by atoms with Gasteiger partial charge in [-0.25, -0.2) is 4.98 Å². The van der Waals surface area contributed by atoms with Crippen LogP contribution in [-0.2, 0) is 12.0 Å². The maximum Gasteiger partial charge on any atom is 0.0946 e. The van der Waals surface area contributed by atoms with E-state index in [1.165, 1.54) is 31.2 Å². The van der Waals surface area contributed by atoms with Crippen LogP contribution in [0.25, 0.3) is 0 Å². The highest BCUT2D eigenvalue weighted by Crippen LogP contribution is 2.40. The molecule has 1 N–H and O–H groups in total. The number of hydrogen-bond donors (Lipinski definition) is 1. The molecule has 1 fully saturated rings. The molecule has 0 saturated heterocycles. The molecule has 0 spiro atoms. The van der Waals surface area contributed by atoms with E-state index >= 15 is 0 Å². The van der Waals surface area contributed by atoms with Crippen molar-refractivity contribution in [2.45, 2.75) is 50.6 Å². The van der Waals surface area contributed by atoms with Gasteiger partial charge >= 0.3 is 0 Å². The van der Waals surface area contributed by atoms with E-state index < -0.39 is 0 Å². The summed E-state index contributed by atoms with van der Waals surface area (Å²) in [6.45, 7) is 4.31. The normalized spacial score (nSPS) is 18.7. The summed E-state index contributed by atoms with van der Waals surface area (Å²) in [4.78, 5) is 4.11. The van der Waals surface area contributed by atoms with Gasteiger partial charge in [-0.3, -0.25) is 0 Å². The van der Waals surface area contributed by atoms with Gasteiger partial charge in [0.1, 0.15) is 0 Å². The number of imidazole rings is 1. The maximum absolute atomic E-state index is 4.11. The second-order valence-corrected chi connectivity index (χ2v) is 6.39. The Kier molecular flexibility index (Phi) is 4.39. The number of aromatic nitrogens is 2. The summed E-state index contributed by atoms with van der Waals surface area (Å²) in [7, 11) is 0. The van der Waals surface area contributed by atoms with Crippen molar-refractivity contribution in [3.05, 3.63) is 54.6 Å². The summed E-state index contributed by atoms with van der Waals surface area (Å²) in [6, 6.07) is 11.5. The lowest BCUT2D eigenvalue weighted by molar-refractivity contribution is 0.364. The summed E-state index contributed by atoms with van der Waals surface area (Å²) in [6.07, 6.45) is 11.1. The van der Waals surface area contributed by atoms with Gasteiger partial charge in [-0.1, -0.05) is 43.2 Å². The summed E-state index contributed by atoms with van der Waals surface area (Å²) < 4.78 is 2.14. The molecule has 0 amide bonds. The minimum atomic E-state index is 0.338. The number of benzene rings is 1. The molecule has 1 atom stereocenters. The van der Waals surface area contributed by atoms with Crippen LogP contribution in [0.4, 0.5) is 0 Å². The van der Waals surface area contributed by atoms with E-state index in [-0.39, 0.29) is 0 Å². The zero-order valence-corrected chi connectivity index (χ0v) is 12.8. The molecule has 1 heterocycles. The Balaban J connectivity index is 1.63. The first-order valence-corrected chi connectivity index (χ1v) is 8.03. The van der Waals surface area contributed by atoms with Gasteiger partial charge in [-0.2, -0.15) is 0 Å². The largest absolute Gasteiger partial charge is 0.336 e. The highest BCUT2D eigenvalue weighted by atomic mass is 15.1. The van der Waals surface area contributed by atoms with Crippen LogP contribution in [0.2, 0.25) is 0 Å². The van der Waals surface area contributed by atoms with Crippen molar-refractivity contribution in [2.24, 2.45) is 0 Å². The van der Waals surface area contributed by atoms with E-state index in [9.17, 15) is 0 Å². The molecule has 112 valence electrons. The smallest absolute Gasteiger partial charge is 0.0946 e. The molecule has 3 rings (SSSR count). The van der Waals surface area contributed by atoms with E-state index in [2.05, 4.69) is 52.1 Å². The van der Waals surface area contributed by atoms with Gasteiger partial charge in [-0.15, -0.1) is 0 Å². The lowest BCUT2D eigenvalue weighted by atomic mass is 9.78. The Morgan fingerprint density at radius 3 is 2.67 bits per heavy atom. The summed E-state index contributed by atoms with van der Waals surface area (Å²) >= 11 is 0. The molecule has 0 radical (unpaired) electrons. The fourth-order valence-electron chi connectivity index (χ4n) is 3.56. The third kappa shape index (κ3) is 3.35.